The van der Waals surface area contributed by atoms with Crippen LogP contribution in [-0.4, -0.2) is 34.6 Å². The smallest absolute Gasteiger partial charge is 0.264 e. The van der Waals surface area contributed by atoms with E-state index in [0.717, 1.165) is 38.0 Å². The van der Waals surface area contributed by atoms with E-state index in [0.29, 0.717) is 10.9 Å². The Kier molecular flexibility index (Phi) is 5.07. The van der Waals surface area contributed by atoms with Crippen molar-refractivity contribution in [2.24, 2.45) is 0 Å². The minimum absolute atomic E-state index is 0.0218. The lowest BCUT2D eigenvalue weighted by molar-refractivity contribution is 0.0955. The van der Waals surface area contributed by atoms with Gasteiger partial charge in [-0.25, -0.2) is 0 Å². The number of aromatic nitrogens is 2. The van der Waals surface area contributed by atoms with Crippen molar-refractivity contribution < 1.29 is 4.79 Å². The van der Waals surface area contributed by atoms with E-state index in [4.69, 9.17) is 0 Å². The van der Waals surface area contributed by atoms with Crippen molar-refractivity contribution in [3.8, 4) is 0 Å². The first kappa shape index (κ1) is 13.4. The van der Waals surface area contributed by atoms with Crippen LogP contribution in [-0.2, 0) is 6.42 Å². The monoisotopic (exact) mass is 268 g/mol. The first-order valence-electron chi connectivity index (χ1n) is 6.64. The molecule has 1 aliphatic rings. The van der Waals surface area contributed by atoms with Crippen LogP contribution in [0.3, 0.4) is 0 Å². The highest BCUT2D eigenvalue weighted by atomic mass is 32.1. The normalized spacial score (nSPS) is 19.1. The van der Waals surface area contributed by atoms with Gasteiger partial charge in [-0.15, -0.1) is 5.10 Å². The van der Waals surface area contributed by atoms with Crippen molar-refractivity contribution in [3.05, 3.63) is 10.6 Å². The second-order valence-electron chi connectivity index (χ2n) is 4.64. The summed E-state index contributed by atoms with van der Waals surface area (Å²) in [6, 6.07) is 0.569. The van der Waals surface area contributed by atoms with Crippen LogP contribution >= 0.6 is 11.5 Å². The van der Waals surface area contributed by atoms with Gasteiger partial charge in [0.25, 0.3) is 5.91 Å². The fourth-order valence-corrected chi connectivity index (χ4v) is 2.85. The molecule has 0 radical (unpaired) electrons. The van der Waals surface area contributed by atoms with E-state index in [2.05, 4.69) is 27.1 Å². The lowest BCUT2D eigenvalue weighted by atomic mass is 10.1. The number of hydrogen-bond acceptors (Lipinski definition) is 5. The summed E-state index contributed by atoms with van der Waals surface area (Å²) >= 11 is 1.19. The van der Waals surface area contributed by atoms with E-state index in [1.807, 2.05) is 0 Å². The number of amides is 1. The Labute approximate surface area is 112 Å². The Morgan fingerprint density at radius 3 is 3.22 bits per heavy atom. The van der Waals surface area contributed by atoms with Crippen LogP contribution < -0.4 is 10.6 Å². The Morgan fingerprint density at radius 1 is 1.61 bits per heavy atom. The third-order valence-corrected chi connectivity index (χ3v) is 3.96. The highest BCUT2D eigenvalue weighted by molar-refractivity contribution is 7.08. The van der Waals surface area contributed by atoms with E-state index in [1.54, 1.807) is 0 Å². The molecule has 0 aliphatic carbocycles. The molecular formula is C12H20N4OS. The van der Waals surface area contributed by atoms with E-state index < -0.39 is 0 Å². The van der Waals surface area contributed by atoms with E-state index in [1.165, 1.54) is 24.4 Å². The summed E-state index contributed by atoms with van der Waals surface area (Å²) in [6.45, 7) is 3.91. The van der Waals surface area contributed by atoms with Crippen LogP contribution in [0.2, 0.25) is 0 Å². The minimum atomic E-state index is -0.0218. The molecule has 18 heavy (non-hydrogen) atoms. The molecule has 0 aromatic carbocycles. The zero-order valence-electron chi connectivity index (χ0n) is 10.7. The summed E-state index contributed by atoms with van der Waals surface area (Å²) in [7, 11) is 0. The van der Waals surface area contributed by atoms with Crippen LogP contribution in [0, 0.1) is 0 Å². The molecule has 1 atom stereocenters. The van der Waals surface area contributed by atoms with Crippen molar-refractivity contribution in [2.45, 2.75) is 45.1 Å². The standard InChI is InChI=1S/C12H20N4OS/c1-2-4-10-11(18-16-15-10)12(17)14-8-6-9-5-3-7-13-9/h9,13H,2-8H2,1H3,(H,14,17)/t9-/m0/s1. The summed E-state index contributed by atoms with van der Waals surface area (Å²) in [4.78, 5) is 12.7. The van der Waals surface area contributed by atoms with E-state index >= 15 is 0 Å². The average molecular weight is 268 g/mol. The van der Waals surface area contributed by atoms with E-state index in [-0.39, 0.29) is 5.91 Å². The molecule has 1 amide bonds. The predicted octanol–water partition coefficient (Wildman–Crippen LogP) is 1.36. The summed E-state index contributed by atoms with van der Waals surface area (Å²) in [5.41, 5.74) is 0.832. The molecule has 0 unspecified atom stereocenters. The van der Waals surface area contributed by atoms with Crippen LogP contribution in [0.5, 0.6) is 0 Å². The highest BCUT2D eigenvalue weighted by Crippen LogP contribution is 2.12. The molecule has 5 nitrogen and oxygen atoms in total. The molecule has 2 N–H and O–H groups in total. The van der Waals surface area contributed by atoms with Crippen LogP contribution in [0.4, 0.5) is 0 Å². The van der Waals surface area contributed by atoms with Gasteiger partial charge in [-0.2, -0.15) is 0 Å². The van der Waals surface area contributed by atoms with Gasteiger partial charge < -0.3 is 10.6 Å². The number of nitrogens with zero attached hydrogens (tertiary/aromatic N) is 2. The lowest BCUT2D eigenvalue weighted by Crippen LogP contribution is -2.30. The SMILES string of the molecule is CCCc1nnsc1C(=O)NCC[C@@H]1CCCN1. The first-order chi connectivity index (χ1) is 8.81. The number of aryl methyl sites for hydroxylation is 1. The summed E-state index contributed by atoms with van der Waals surface area (Å²) in [5, 5.41) is 10.4. The van der Waals surface area contributed by atoms with Crippen molar-refractivity contribution >= 4 is 17.4 Å². The van der Waals surface area contributed by atoms with Gasteiger partial charge in [0.2, 0.25) is 0 Å². The van der Waals surface area contributed by atoms with Gasteiger partial charge in [0.05, 0.1) is 5.69 Å². The molecule has 0 saturated carbocycles. The van der Waals surface area contributed by atoms with Gasteiger partial charge in [-0.05, 0) is 43.8 Å². The van der Waals surface area contributed by atoms with Crippen molar-refractivity contribution in [2.75, 3.05) is 13.1 Å². The van der Waals surface area contributed by atoms with Crippen molar-refractivity contribution in [1.29, 1.82) is 0 Å². The third kappa shape index (κ3) is 3.49. The molecule has 0 spiro atoms. The maximum Gasteiger partial charge on any atom is 0.264 e. The molecular weight excluding hydrogens is 248 g/mol. The van der Waals surface area contributed by atoms with E-state index in [9.17, 15) is 4.79 Å². The first-order valence-corrected chi connectivity index (χ1v) is 7.41. The molecule has 2 rings (SSSR count). The van der Waals surface area contributed by atoms with Crippen LogP contribution in [0.1, 0.15) is 48.0 Å². The Hall–Kier alpha value is -1.01. The van der Waals surface area contributed by atoms with Crippen molar-refractivity contribution in [3.63, 3.8) is 0 Å². The molecule has 1 aromatic heterocycles. The number of carbonyl (C=O) groups is 1. The van der Waals surface area contributed by atoms with Gasteiger partial charge >= 0.3 is 0 Å². The predicted molar refractivity (Wildman–Crippen MR) is 71.9 cm³/mol. The molecule has 1 saturated heterocycles. The zero-order valence-corrected chi connectivity index (χ0v) is 11.6. The highest BCUT2D eigenvalue weighted by Gasteiger charge is 2.17. The maximum atomic E-state index is 12.0. The topological polar surface area (TPSA) is 66.9 Å². The lowest BCUT2D eigenvalue weighted by Gasteiger charge is -2.10. The molecule has 6 heteroatoms. The fourth-order valence-electron chi connectivity index (χ4n) is 2.22. The minimum Gasteiger partial charge on any atom is -0.351 e. The fraction of sp³-hybridized carbons (Fsp3) is 0.750. The van der Waals surface area contributed by atoms with Crippen molar-refractivity contribution in [1.82, 2.24) is 20.2 Å². The number of carbonyl (C=O) groups excluding carboxylic acids is 1. The Morgan fingerprint density at radius 2 is 2.50 bits per heavy atom. The van der Waals surface area contributed by atoms with Gasteiger partial charge in [0.15, 0.2) is 0 Å². The molecule has 1 fully saturated rings. The largest absolute Gasteiger partial charge is 0.351 e. The van der Waals surface area contributed by atoms with Gasteiger partial charge in [-0.3, -0.25) is 4.79 Å². The second kappa shape index (κ2) is 6.80. The quantitative estimate of drug-likeness (QED) is 0.817. The van der Waals surface area contributed by atoms with Gasteiger partial charge in [0.1, 0.15) is 4.88 Å². The molecule has 0 bridgehead atoms. The summed E-state index contributed by atoms with van der Waals surface area (Å²) < 4.78 is 3.87. The molecule has 100 valence electrons. The zero-order chi connectivity index (χ0) is 12.8. The number of rotatable bonds is 6. The van der Waals surface area contributed by atoms with Crippen LogP contribution in [0.25, 0.3) is 0 Å². The number of nitrogens with one attached hydrogen (secondary N) is 2. The van der Waals surface area contributed by atoms with Gasteiger partial charge in [-0.1, -0.05) is 17.8 Å². The Bertz CT molecular complexity index is 387. The third-order valence-electron chi connectivity index (χ3n) is 3.19. The average Bonchev–Trinajstić information content (AvgIpc) is 3.00. The summed E-state index contributed by atoms with van der Waals surface area (Å²) in [5.74, 6) is -0.0218. The molecule has 2 heterocycles. The maximum absolute atomic E-state index is 12.0. The number of hydrogen-bond donors (Lipinski definition) is 2. The Balaban J connectivity index is 1.77. The summed E-state index contributed by atoms with van der Waals surface area (Å²) in [6.07, 6.45) is 5.28. The van der Waals surface area contributed by atoms with Crippen LogP contribution in [0.15, 0.2) is 0 Å². The molecule has 1 aliphatic heterocycles. The molecule has 1 aromatic rings. The van der Waals surface area contributed by atoms with Gasteiger partial charge in [0, 0.05) is 12.6 Å². The second-order valence-corrected chi connectivity index (χ2v) is 5.39.